The monoisotopic (exact) mass is 322 g/mol. The zero-order chi connectivity index (χ0) is 16.5. The molecule has 0 aromatic heterocycles. The molecule has 24 heavy (non-hydrogen) atoms. The highest BCUT2D eigenvalue weighted by Crippen LogP contribution is 2.12. The van der Waals surface area contributed by atoms with Gasteiger partial charge in [-0.2, -0.15) is 0 Å². The molecule has 128 valence electrons. The second-order valence-electron chi connectivity index (χ2n) is 6.94. The van der Waals surface area contributed by atoms with E-state index in [0.29, 0.717) is 0 Å². The van der Waals surface area contributed by atoms with Crippen molar-refractivity contribution < 1.29 is 0 Å². The lowest BCUT2D eigenvalue weighted by atomic mass is 10.1. The summed E-state index contributed by atoms with van der Waals surface area (Å²) in [4.78, 5) is 5.24. The Morgan fingerprint density at radius 1 is 0.708 bits per heavy atom. The third-order valence-corrected chi connectivity index (χ3v) is 4.90. The molecule has 1 aliphatic heterocycles. The van der Waals surface area contributed by atoms with Crippen LogP contribution in [0.2, 0.25) is 0 Å². The molecule has 0 bridgehead atoms. The van der Waals surface area contributed by atoms with Gasteiger partial charge in [-0.05, 0) is 50.0 Å². The van der Waals surface area contributed by atoms with Crippen molar-refractivity contribution in [1.29, 1.82) is 0 Å². The van der Waals surface area contributed by atoms with Gasteiger partial charge in [-0.25, -0.2) is 0 Å². The lowest BCUT2D eigenvalue weighted by molar-refractivity contribution is 0.196. The average molecular weight is 322 g/mol. The number of hydrogen-bond acceptors (Lipinski definition) is 2. The molecule has 0 N–H and O–H groups in total. The van der Waals surface area contributed by atoms with Crippen LogP contribution in [-0.2, 0) is 13.1 Å². The van der Waals surface area contributed by atoms with Crippen LogP contribution in [0.1, 0.15) is 36.8 Å². The summed E-state index contributed by atoms with van der Waals surface area (Å²) in [6.07, 6.45) is 5.46. The Hall–Kier alpha value is -1.64. The number of hydrogen-bond donors (Lipinski definition) is 0. The average Bonchev–Trinajstić information content (AvgIpc) is 2.64. The fourth-order valence-electron chi connectivity index (χ4n) is 3.60. The zero-order valence-corrected chi connectivity index (χ0v) is 14.7. The quantitative estimate of drug-likeness (QED) is 0.703. The molecule has 0 unspecified atom stereocenters. The fourth-order valence-corrected chi connectivity index (χ4v) is 3.60. The van der Waals surface area contributed by atoms with E-state index in [-0.39, 0.29) is 0 Å². The maximum atomic E-state index is 2.65. The molecule has 1 saturated heterocycles. The van der Waals surface area contributed by atoms with Crippen molar-refractivity contribution >= 4 is 0 Å². The van der Waals surface area contributed by atoms with Crippen molar-refractivity contribution in [1.82, 2.24) is 9.80 Å². The first kappa shape index (κ1) is 17.2. The Kier molecular flexibility index (Phi) is 6.88. The highest BCUT2D eigenvalue weighted by Gasteiger charge is 2.11. The molecule has 0 amide bonds. The van der Waals surface area contributed by atoms with Gasteiger partial charge in [0.05, 0.1) is 0 Å². The maximum absolute atomic E-state index is 2.65. The highest BCUT2D eigenvalue weighted by molar-refractivity contribution is 5.17. The molecule has 0 atom stereocenters. The van der Waals surface area contributed by atoms with Crippen molar-refractivity contribution in [2.45, 2.75) is 38.8 Å². The van der Waals surface area contributed by atoms with Crippen LogP contribution in [-0.4, -0.2) is 36.0 Å². The minimum atomic E-state index is 1.04. The van der Waals surface area contributed by atoms with Crippen LogP contribution >= 0.6 is 0 Å². The summed E-state index contributed by atoms with van der Waals surface area (Å²) >= 11 is 0. The lowest BCUT2D eigenvalue weighted by Gasteiger charge is -2.28. The van der Waals surface area contributed by atoms with Gasteiger partial charge < -0.3 is 4.90 Å². The summed E-state index contributed by atoms with van der Waals surface area (Å²) in [5, 5.41) is 0. The van der Waals surface area contributed by atoms with Gasteiger partial charge in [0.25, 0.3) is 0 Å². The minimum absolute atomic E-state index is 1.04. The van der Waals surface area contributed by atoms with Crippen LogP contribution < -0.4 is 0 Å². The van der Waals surface area contributed by atoms with E-state index in [4.69, 9.17) is 0 Å². The van der Waals surface area contributed by atoms with Gasteiger partial charge in [-0.1, -0.05) is 67.1 Å². The second-order valence-corrected chi connectivity index (χ2v) is 6.94. The Balaban J connectivity index is 1.54. The zero-order valence-electron chi connectivity index (χ0n) is 14.7. The summed E-state index contributed by atoms with van der Waals surface area (Å²) in [5.74, 6) is 0. The van der Waals surface area contributed by atoms with Crippen LogP contribution in [0.5, 0.6) is 0 Å². The Labute approximate surface area is 147 Å². The Morgan fingerprint density at radius 3 is 1.79 bits per heavy atom. The predicted octanol–water partition coefficient (Wildman–Crippen LogP) is 4.56. The van der Waals surface area contributed by atoms with Gasteiger partial charge in [-0.3, -0.25) is 4.90 Å². The molecular formula is C22H30N2. The largest absolute Gasteiger partial charge is 0.303 e. The number of likely N-dealkylation sites (tertiary alicyclic amines) is 1. The normalized spacial score (nSPS) is 15.7. The van der Waals surface area contributed by atoms with E-state index in [2.05, 4.69) is 70.5 Å². The van der Waals surface area contributed by atoms with Gasteiger partial charge in [0.15, 0.2) is 0 Å². The molecule has 0 spiro atoms. The van der Waals surface area contributed by atoms with E-state index < -0.39 is 0 Å². The molecule has 2 aromatic carbocycles. The first-order valence-electron chi connectivity index (χ1n) is 9.43. The molecular weight excluding hydrogens is 292 g/mol. The molecule has 2 nitrogen and oxygen atoms in total. The third-order valence-electron chi connectivity index (χ3n) is 4.90. The summed E-state index contributed by atoms with van der Waals surface area (Å²) in [6, 6.07) is 21.7. The van der Waals surface area contributed by atoms with E-state index >= 15 is 0 Å². The van der Waals surface area contributed by atoms with Gasteiger partial charge in [0, 0.05) is 19.6 Å². The van der Waals surface area contributed by atoms with Crippen LogP contribution in [0.25, 0.3) is 0 Å². The van der Waals surface area contributed by atoms with E-state index in [0.717, 1.165) is 13.1 Å². The molecule has 0 aliphatic carbocycles. The van der Waals surface area contributed by atoms with E-state index in [1.165, 1.54) is 63.0 Å². The van der Waals surface area contributed by atoms with Crippen molar-refractivity contribution in [3.05, 3.63) is 71.8 Å². The molecule has 0 saturated carbocycles. The second kappa shape index (κ2) is 9.61. The molecule has 1 aliphatic rings. The maximum Gasteiger partial charge on any atom is 0.0237 e. The van der Waals surface area contributed by atoms with Gasteiger partial charge in [-0.15, -0.1) is 0 Å². The molecule has 2 aromatic rings. The highest BCUT2D eigenvalue weighted by atomic mass is 15.1. The first-order valence-corrected chi connectivity index (χ1v) is 9.43. The number of rotatable bonds is 8. The lowest BCUT2D eigenvalue weighted by Crippen LogP contribution is -2.33. The number of nitrogens with zero attached hydrogens (tertiary/aromatic N) is 2. The van der Waals surface area contributed by atoms with Crippen molar-refractivity contribution in [3.8, 4) is 0 Å². The third kappa shape index (κ3) is 5.77. The molecule has 3 rings (SSSR count). The number of benzene rings is 2. The van der Waals surface area contributed by atoms with E-state index in [1.54, 1.807) is 0 Å². The van der Waals surface area contributed by atoms with Crippen molar-refractivity contribution in [3.63, 3.8) is 0 Å². The molecule has 0 radical (unpaired) electrons. The summed E-state index contributed by atoms with van der Waals surface area (Å²) in [7, 11) is 0. The van der Waals surface area contributed by atoms with Crippen LogP contribution in [0.15, 0.2) is 60.7 Å². The van der Waals surface area contributed by atoms with Gasteiger partial charge in [0.1, 0.15) is 0 Å². The molecule has 2 heteroatoms. The van der Waals surface area contributed by atoms with E-state index in [9.17, 15) is 0 Å². The van der Waals surface area contributed by atoms with Crippen LogP contribution in [0, 0.1) is 0 Å². The number of piperidine rings is 1. The Bertz CT molecular complexity index is 520. The first-order chi connectivity index (χ1) is 11.9. The van der Waals surface area contributed by atoms with Crippen LogP contribution in [0.3, 0.4) is 0 Å². The summed E-state index contributed by atoms with van der Waals surface area (Å²) in [5.41, 5.74) is 2.82. The molecule has 1 heterocycles. The smallest absolute Gasteiger partial charge is 0.0237 e. The van der Waals surface area contributed by atoms with Gasteiger partial charge >= 0.3 is 0 Å². The summed E-state index contributed by atoms with van der Waals surface area (Å²) in [6.45, 7) is 7.10. The van der Waals surface area contributed by atoms with Crippen molar-refractivity contribution in [2.24, 2.45) is 0 Å². The fraction of sp³-hybridized carbons (Fsp3) is 0.455. The van der Waals surface area contributed by atoms with E-state index in [1.807, 2.05) is 0 Å². The minimum Gasteiger partial charge on any atom is -0.303 e. The summed E-state index contributed by atoms with van der Waals surface area (Å²) < 4.78 is 0. The van der Waals surface area contributed by atoms with Crippen LogP contribution in [0.4, 0.5) is 0 Å². The topological polar surface area (TPSA) is 6.48 Å². The Morgan fingerprint density at radius 2 is 1.25 bits per heavy atom. The SMILES string of the molecule is c1ccc(CN(CCCN2CCCCC2)Cc2ccccc2)cc1. The standard InChI is InChI=1S/C22H30N2/c1-4-11-21(12-5-1)19-24(20-22-13-6-2-7-14-22)18-10-17-23-15-8-3-9-16-23/h1-2,4-7,11-14H,3,8-10,15-20H2. The van der Waals surface area contributed by atoms with Gasteiger partial charge in [0.2, 0.25) is 0 Å². The van der Waals surface area contributed by atoms with Crippen molar-refractivity contribution in [2.75, 3.05) is 26.2 Å². The molecule has 1 fully saturated rings. The predicted molar refractivity (Wildman–Crippen MR) is 102 cm³/mol.